The van der Waals surface area contributed by atoms with Crippen LogP contribution in [0.15, 0.2) is 22.7 Å². The van der Waals surface area contributed by atoms with Crippen LogP contribution in [0.2, 0.25) is 0 Å². The number of hydrogen-bond donors (Lipinski definition) is 0. The standard InChI is InChI=1S/C12H14BrNO/c1-2-3-6-14-8-9-7-10(13)4-5-11(9)12(14)15/h4-5,7H,2-3,6,8H2,1H3. The molecule has 2 nitrogen and oxygen atoms in total. The van der Waals surface area contributed by atoms with E-state index in [4.69, 9.17) is 0 Å². The Labute approximate surface area is 98.4 Å². The molecule has 0 N–H and O–H groups in total. The van der Waals surface area contributed by atoms with Crippen LogP contribution in [0.4, 0.5) is 0 Å². The summed E-state index contributed by atoms with van der Waals surface area (Å²) in [5, 5.41) is 0. The molecule has 0 atom stereocenters. The van der Waals surface area contributed by atoms with Crippen molar-refractivity contribution in [3.8, 4) is 0 Å². The molecule has 2 rings (SSSR count). The van der Waals surface area contributed by atoms with Gasteiger partial charge < -0.3 is 4.90 Å². The number of carbonyl (C=O) groups excluding carboxylic acids is 1. The number of rotatable bonds is 3. The molecule has 1 aliphatic heterocycles. The minimum absolute atomic E-state index is 0.186. The summed E-state index contributed by atoms with van der Waals surface area (Å²) in [6.07, 6.45) is 2.21. The summed E-state index contributed by atoms with van der Waals surface area (Å²) < 4.78 is 1.05. The van der Waals surface area contributed by atoms with Gasteiger partial charge in [-0.25, -0.2) is 0 Å². The smallest absolute Gasteiger partial charge is 0.254 e. The molecule has 0 unspecified atom stereocenters. The van der Waals surface area contributed by atoms with Crippen molar-refractivity contribution < 1.29 is 4.79 Å². The van der Waals surface area contributed by atoms with E-state index in [1.807, 2.05) is 23.1 Å². The number of unbranched alkanes of at least 4 members (excludes halogenated alkanes) is 1. The molecular formula is C12H14BrNO. The zero-order valence-corrected chi connectivity index (χ0v) is 10.4. The first-order valence-corrected chi connectivity index (χ1v) is 6.09. The number of benzene rings is 1. The second-order valence-electron chi connectivity index (χ2n) is 3.88. The van der Waals surface area contributed by atoms with E-state index in [1.165, 1.54) is 0 Å². The fraction of sp³-hybridized carbons (Fsp3) is 0.417. The zero-order valence-electron chi connectivity index (χ0n) is 8.79. The molecular weight excluding hydrogens is 254 g/mol. The van der Waals surface area contributed by atoms with Gasteiger partial charge in [-0.2, -0.15) is 0 Å². The van der Waals surface area contributed by atoms with E-state index >= 15 is 0 Å². The summed E-state index contributed by atoms with van der Waals surface area (Å²) in [5.41, 5.74) is 2.01. The number of carbonyl (C=O) groups is 1. The van der Waals surface area contributed by atoms with E-state index in [2.05, 4.69) is 22.9 Å². The average molecular weight is 268 g/mol. The van der Waals surface area contributed by atoms with Crippen molar-refractivity contribution in [1.82, 2.24) is 4.90 Å². The molecule has 0 saturated heterocycles. The molecule has 0 radical (unpaired) electrons. The van der Waals surface area contributed by atoms with Gasteiger partial charge in [0.2, 0.25) is 0 Å². The van der Waals surface area contributed by atoms with Gasteiger partial charge >= 0.3 is 0 Å². The van der Waals surface area contributed by atoms with Crippen LogP contribution in [0.5, 0.6) is 0 Å². The predicted molar refractivity (Wildman–Crippen MR) is 63.8 cm³/mol. The summed E-state index contributed by atoms with van der Waals surface area (Å²) in [5.74, 6) is 0.186. The van der Waals surface area contributed by atoms with Gasteiger partial charge in [0.15, 0.2) is 0 Å². The highest BCUT2D eigenvalue weighted by Gasteiger charge is 2.26. The zero-order chi connectivity index (χ0) is 10.8. The maximum Gasteiger partial charge on any atom is 0.254 e. The van der Waals surface area contributed by atoms with Crippen molar-refractivity contribution in [3.63, 3.8) is 0 Å². The SMILES string of the molecule is CCCCN1Cc2cc(Br)ccc2C1=O. The quantitative estimate of drug-likeness (QED) is 0.824. The van der Waals surface area contributed by atoms with Crippen LogP contribution >= 0.6 is 15.9 Å². The van der Waals surface area contributed by atoms with Gasteiger partial charge in [0.05, 0.1) is 0 Å². The molecule has 0 aliphatic carbocycles. The third-order valence-corrected chi connectivity index (χ3v) is 3.22. The molecule has 1 aromatic carbocycles. The van der Waals surface area contributed by atoms with Gasteiger partial charge in [-0.3, -0.25) is 4.79 Å². The number of nitrogens with zero attached hydrogens (tertiary/aromatic N) is 1. The molecule has 0 saturated carbocycles. The Morgan fingerprint density at radius 3 is 3.00 bits per heavy atom. The number of halogens is 1. The molecule has 0 aromatic heterocycles. The molecule has 1 aliphatic rings. The largest absolute Gasteiger partial charge is 0.334 e. The van der Waals surface area contributed by atoms with E-state index < -0.39 is 0 Å². The topological polar surface area (TPSA) is 20.3 Å². The lowest BCUT2D eigenvalue weighted by Gasteiger charge is -2.14. The highest BCUT2D eigenvalue weighted by atomic mass is 79.9. The number of fused-ring (bicyclic) bond motifs is 1. The first-order chi connectivity index (χ1) is 7.22. The van der Waals surface area contributed by atoms with Gasteiger partial charge in [0.1, 0.15) is 0 Å². The van der Waals surface area contributed by atoms with Crippen LogP contribution in [-0.2, 0) is 6.54 Å². The van der Waals surface area contributed by atoms with Crippen molar-refractivity contribution in [2.45, 2.75) is 26.3 Å². The normalized spacial score (nSPS) is 14.5. The van der Waals surface area contributed by atoms with Crippen LogP contribution < -0.4 is 0 Å². The van der Waals surface area contributed by atoms with Crippen molar-refractivity contribution >= 4 is 21.8 Å². The average Bonchev–Trinajstić information content (AvgIpc) is 2.52. The fourth-order valence-corrected chi connectivity index (χ4v) is 2.29. The van der Waals surface area contributed by atoms with E-state index in [-0.39, 0.29) is 5.91 Å². The van der Waals surface area contributed by atoms with Crippen molar-refractivity contribution in [3.05, 3.63) is 33.8 Å². The monoisotopic (exact) mass is 267 g/mol. The van der Waals surface area contributed by atoms with Gasteiger partial charge in [0, 0.05) is 23.1 Å². The number of amides is 1. The van der Waals surface area contributed by atoms with E-state index in [0.29, 0.717) is 0 Å². The molecule has 0 bridgehead atoms. The Morgan fingerprint density at radius 1 is 1.47 bits per heavy atom. The second kappa shape index (κ2) is 4.35. The molecule has 80 valence electrons. The second-order valence-corrected chi connectivity index (χ2v) is 4.80. The molecule has 1 aromatic rings. The minimum Gasteiger partial charge on any atom is -0.334 e. The van der Waals surface area contributed by atoms with Gasteiger partial charge in [-0.05, 0) is 30.2 Å². The van der Waals surface area contributed by atoms with E-state index in [1.54, 1.807) is 0 Å². The van der Waals surface area contributed by atoms with Crippen LogP contribution in [-0.4, -0.2) is 17.4 Å². The summed E-state index contributed by atoms with van der Waals surface area (Å²) in [4.78, 5) is 13.9. The number of hydrogen-bond acceptors (Lipinski definition) is 1. The van der Waals surface area contributed by atoms with Crippen molar-refractivity contribution in [2.75, 3.05) is 6.54 Å². The Balaban J connectivity index is 2.18. The highest BCUT2D eigenvalue weighted by molar-refractivity contribution is 9.10. The third kappa shape index (κ3) is 2.07. The van der Waals surface area contributed by atoms with E-state index in [0.717, 1.165) is 41.5 Å². The Morgan fingerprint density at radius 2 is 2.27 bits per heavy atom. The van der Waals surface area contributed by atoms with Crippen LogP contribution in [0, 0.1) is 0 Å². The first kappa shape index (κ1) is 10.7. The maximum absolute atomic E-state index is 11.9. The van der Waals surface area contributed by atoms with E-state index in [9.17, 15) is 4.79 Å². The van der Waals surface area contributed by atoms with Crippen LogP contribution in [0.3, 0.4) is 0 Å². The summed E-state index contributed by atoms with van der Waals surface area (Å²) >= 11 is 3.43. The molecule has 0 spiro atoms. The Hall–Kier alpha value is -0.830. The molecule has 3 heteroatoms. The van der Waals surface area contributed by atoms with Crippen LogP contribution in [0.1, 0.15) is 35.7 Å². The van der Waals surface area contributed by atoms with Crippen LogP contribution in [0.25, 0.3) is 0 Å². The Kier molecular flexibility index (Phi) is 3.10. The summed E-state index contributed by atoms with van der Waals surface area (Å²) in [7, 11) is 0. The Bertz CT molecular complexity index is 389. The third-order valence-electron chi connectivity index (χ3n) is 2.73. The van der Waals surface area contributed by atoms with Gasteiger partial charge in [0.25, 0.3) is 5.91 Å². The fourth-order valence-electron chi connectivity index (χ4n) is 1.88. The van der Waals surface area contributed by atoms with Crippen molar-refractivity contribution in [2.24, 2.45) is 0 Å². The molecule has 0 fully saturated rings. The summed E-state index contributed by atoms with van der Waals surface area (Å²) in [6.45, 7) is 3.79. The molecule has 15 heavy (non-hydrogen) atoms. The van der Waals surface area contributed by atoms with Gasteiger partial charge in [-0.15, -0.1) is 0 Å². The summed E-state index contributed by atoms with van der Waals surface area (Å²) in [6, 6.07) is 5.88. The minimum atomic E-state index is 0.186. The maximum atomic E-state index is 11.9. The van der Waals surface area contributed by atoms with Crippen molar-refractivity contribution in [1.29, 1.82) is 0 Å². The molecule has 1 heterocycles. The lowest BCUT2D eigenvalue weighted by atomic mass is 10.1. The highest BCUT2D eigenvalue weighted by Crippen LogP contribution is 2.25. The lowest BCUT2D eigenvalue weighted by molar-refractivity contribution is 0.0776. The predicted octanol–water partition coefficient (Wildman–Crippen LogP) is 3.21. The first-order valence-electron chi connectivity index (χ1n) is 5.30. The van der Waals surface area contributed by atoms with Gasteiger partial charge in [-0.1, -0.05) is 29.3 Å². The molecule has 1 amide bonds. The lowest BCUT2D eigenvalue weighted by Crippen LogP contribution is -2.24.